The van der Waals surface area contributed by atoms with E-state index in [1.54, 1.807) is 42.9 Å². The summed E-state index contributed by atoms with van der Waals surface area (Å²) in [6.45, 7) is 30.1. The number of nitrogens with one attached hydrogen (secondary N) is 4. The number of aryl methyl sites for hydroxylation is 3. The summed E-state index contributed by atoms with van der Waals surface area (Å²) in [5.74, 6) is 6.19. The van der Waals surface area contributed by atoms with Crippen LogP contribution in [0.15, 0.2) is 96.4 Å². The third kappa shape index (κ3) is 53.5. The van der Waals surface area contributed by atoms with Gasteiger partial charge in [0.15, 0.2) is 35.9 Å². The fourth-order valence-electron chi connectivity index (χ4n) is 15.4. The molecule has 4 atom stereocenters. The van der Waals surface area contributed by atoms with Crippen LogP contribution in [0.4, 0.5) is 17.5 Å². The van der Waals surface area contributed by atoms with Crippen molar-refractivity contribution in [1.82, 2.24) is 70.8 Å². The average Bonchev–Trinajstić information content (AvgIpc) is 1.71. The number of ether oxygens (including phenoxy) is 12. The number of aliphatic hydroxyl groups excluding tert-OH is 1. The molecule has 4 saturated heterocycles. The van der Waals surface area contributed by atoms with Crippen molar-refractivity contribution in [3.05, 3.63) is 151 Å². The van der Waals surface area contributed by atoms with Crippen molar-refractivity contribution in [2.75, 3.05) is 147 Å². The van der Waals surface area contributed by atoms with Gasteiger partial charge in [0.25, 0.3) is 0 Å². The number of H-pyrrole nitrogens is 1. The summed E-state index contributed by atoms with van der Waals surface area (Å²) >= 11 is 18.7. The maximum atomic E-state index is 12.5. The average molecular weight is 2490 g/mol. The van der Waals surface area contributed by atoms with Crippen LogP contribution in [-0.4, -0.2) is 312 Å². The van der Waals surface area contributed by atoms with Gasteiger partial charge >= 0.3 is 200 Å². The van der Waals surface area contributed by atoms with E-state index in [9.17, 15) is 19.2 Å². The molecule has 0 saturated carbocycles. The summed E-state index contributed by atoms with van der Waals surface area (Å²) in [6.07, 6.45) is 30.1. The monoisotopic (exact) mass is 2490 g/mol. The Morgan fingerprint density at radius 1 is 0.456 bits per heavy atom. The van der Waals surface area contributed by atoms with E-state index < -0.39 is 60.7 Å². The van der Waals surface area contributed by atoms with Crippen LogP contribution >= 0.6 is 50.7 Å². The van der Waals surface area contributed by atoms with Gasteiger partial charge in [-0.3, -0.25) is 29.1 Å². The van der Waals surface area contributed by atoms with E-state index in [1.165, 1.54) is 47.7 Å². The fourth-order valence-corrected chi connectivity index (χ4v) is 18.8. The van der Waals surface area contributed by atoms with Crippen molar-refractivity contribution in [3.63, 3.8) is 0 Å². The number of rotatable bonds is 34. The van der Waals surface area contributed by atoms with Crippen LogP contribution in [0.3, 0.4) is 0 Å². The number of aromatic nitrogens is 11. The summed E-state index contributed by atoms with van der Waals surface area (Å²) in [6, 6.07) is 17.3. The Bertz CT molecular complexity index is 5220. The van der Waals surface area contributed by atoms with Gasteiger partial charge in [0, 0.05) is 146 Å². The third-order valence-corrected chi connectivity index (χ3v) is 25.5. The van der Waals surface area contributed by atoms with Crippen LogP contribution in [0.2, 0.25) is 49.2 Å². The number of hydrogen-bond donors (Lipinski definition) is 5. The molecule has 41 heteroatoms. The topological polar surface area (TPSA) is 390 Å². The zero-order chi connectivity index (χ0) is 107. The van der Waals surface area contributed by atoms with Crippen molar-refractivity contribution in [3.8, 4) is 46.0 Å². The van der Waals surface area contributed by atoms with Gasteiger partial charge in [-0.25, -0.2) is 34.9 Å². The molecule has 12 heterocycles. The molecular weight excluding hydrogens is 2330 g/mol. The van der Waals surface area contributed by atoms with Gasteiger partial charge in [-0.05, 0) is 208 Å². The summed E-state index contributed by atoms with van der Waals surface area (Å²) in [7, 11) is 5.64. The van der Waals surface area contributed by atoms with Crippen LogP contribution in [0.25, 0.3) is 23.0 Å². The molecule has 8 aromatic rings. The number of amides is 3. The Kier molecular flexibility index (Phi) is 59.7. The number of halogens is 4. The summed E-state index contributed by atoms with van der Waals surface area (Å²) in [5, 5.41) is 19.9. The molecule has 0 bridgehead atoms. The molecule has 15 rings (SSSR count). The summed E-state index contributed by atoms with van der Waals surface area (Å²) in [5.41, 5.74) is 6.78. The number of carbonyl (C=O) groups is 3. The zero-order valence-corrected chi connectivity index (χ0v) is 103. The molecule has 0 spiro atoms. The Labute approximate surface area is 919 Å². The number of fused-ring (bicyclic) bond motifs is 3. The molecule has 5 N–H and O–H groups in total. The number of carbonyl (C=O) groups excluding carboxylic acids is 3. The van der Waals surface area contributed by atoms with Gasteiger partial charge in [-0.15, -0.1) is 0 Å². The number of likely N-dealkylation sites (N-methyl/N-ethyl adjacent to an activating group) is 3. The number of nitrogens with zero attached hydrogens (tertiary/aromatic N) is 13. The number of anilines is 3. The predicted octanol–water partition coefficient (Wildman–Crippen LogP) is 17.5. The van der Waals surface area contributed by atoms with Crippen LogP contribution in [0, 0.1) is 0 Å². The van der Waals surface area contributed by atoms with Gasteiger partial charge in [-0.1, -0.05) is 39.1 Å². The van der Waals surface area contributed by atoms with Crippen molar-refractivity contribution < 1.29 is 76.3 Å². The number of alkyl halides is 1. The number of pyridine rings is 5. The van der Waals surface area contributed by atoms with Crippen LogP contribution in [-0.2, 0) is 90.8 Å². The number of hydrogen-bond acceptors (Lipinski definition) is 30. The second-order valence-electron chi connectivity index (χ2n) is 40.4. The van der Waals surface area contributed by atoms with Crippen LogP contribution < -0.4 is 58.7 Å². The molecule has 147 heavy (non-hydrogen) atoms. The molecule has 34 nitrogen and oxygen atoms in total. The molecule has 812 valence electrons. The third-order valence-electron chi connectivity index (χ3n) is 21.3. The van der Waals surface area contributed by atoms with Gasteiger partial charge in [-0.2, -0.15) is 0 Å². The van der Waals surface area contributed by atoms with E-state index in [-0.39, 0.29) is 103 Å². The van der Waals surface area contributed by atoms with Gasteiger partial charge in [0.1, 0.15) is 76.2 Å². The minimum atomic E-state index is -0.567. The maximum absolute atomic E-state index is 12.5. The summed E-state index contributed by atoms with van der Waals surface area (Å²) < 4.78 is 68.8. The zero-order valence-electron chi connectivity index (χ0n) is 90.2. The van der Waals surface area contributed by atoms with Crippen molar-refractivity contribution in [2.24, 2.45) is 0 Å². The van der Waals surface area contributed by atoms with Crippen molar-refractivity contribution in [2.45, 2.75) is 286 Å². The second-order valence-corrected chi connectivity index (χ2v) is 65.1. The molecule has 0 aromatic carbocycles. The molecule has 4 unspecified atom stereocenters. The van der Waals surface area contributed by atoms with E-state index in [0.29, 0.717) is 90.2 Å². The normalized spacial score (nSPS) is 16.5. The van der Waals surface area contributed by atoms with E-state index in [2.05, 4.69) is 116 Å². The standard InChI is InChI=1S/C26H37N5O4.C21H29N5O3.C14H21ClN4O.C12H16ClNO3.C12H16NO3.C7H13BrO2.C5H4ClNO.C3H7.6CH3.3Sn/c1-26(2,3)30-22(32)17-31(4)25-19-8-7-9-20(19)28-24(29-25)21-16-18(11-12-27-21)33-14-15-35-23-10-5-6-13-34-23;1-21(2,3)25-18(28)13-26(4)20-15-6-5-7-16(15)23-19(24-20)17-12-14(8-9-22-17)29-11-10-27;1-14(2,3)18-11(20)8-19(4)12-9-6-5-7-10(9)16-13(15)17-12;13-11-9-10(4-5-14-11)15-7-8-17-12-3-1-2-6-16-12;1-2-8-15-12(3-1)16-10-9-14-11-4-6-13-7-5-11;8-4-6-10-7-3-1-2-5-9-7;6-5-3-4(8)1-2-7-5;1-3-2;;;;;;;;;/h11-12,16,23H,5-10,13-15,17H2,1-4H3,(H,30,32);8-9,12,27H,5-7,10-11,13H2,1-4H3,(H,25,28);5-8H2,1-4H3,(H,18,20);4-5,9,12H,1-3,6-8H2;4-6,12H,1-3,8-10H2;7H,1-6H2;1-3H,(H,7,8);3H,1-2H3;6*1H3;;;. The molecule has 4 fully saturated rings. The fraction of sp³-hybridized carbons (Fsp3) is 0.623. The molecule has 8 aromatic heterocycles. The van der Waals surface area contributed by atoms with Crippen molar-refractivity contribution in [1.29, 1.82) is 0 Å². The first kappa shape index (κ1) is 127. The van der Waals surface area contributed by atoms with E-state index in [1.807, 2.05) is 123 Å². The van der Waals surface area contributed by atoms with Crippen LogP contribution in [0.5, 0.6) is 23.0 Å². The van der Waals surface area contributed by atoms with E-state index >= 15 is 0 Å². The van der Waals surface area contributed by atoms with Gasteiger partial charge < -0.3 is 83.4 Å². The SMILES string of the molecule is BrCCOC1CCCCO1.CN(CC(=O)NC(C)(C)C)c1nc(-c2cc(OCCO)ccn2)nc2c1CCC2.CN(CC(=O)NC(C)(C)C)c1nc(-c2cc(OCCOC3CCCCO3)ccn2)nc2c1CCC2.CN(CC(=O)NC(C)(C)C)c1nc(Cl)nc2c1CCC2.C[CH](C)[Sn][c]1cc(OCCOC2CCCCO2)ccn1.Clc1cc(OCCOC2CCCCO2)ccn1.O=c1cc[nH]c(Cl)c1.[CH3][Sn]([CH3])[CH3].[CH3][Sn]([CH3])[CH3]. The van der Waals surface area contributed by atoms with Gasteiger partial charge in [0.05, 0.1) is 51.8 Å². The van der Waals surface area contributed by atoms with E-state index in [4.69, 9.17) is 117 Å². The Balaban J connectivity index is 0.000000238. The second kappa shape index (κ2) is 69.1. The van der Waals surface area contributed by atoms with Crippen LogP contribution in [0.1, 0.15) is 206 Å². The van der Waals surface area contributed by atoms with Crippen molar-refractivity contribution >= 4 is 150 Å². The number of aliphatic hydroxyl groups is 1. The molecule has 4 aliphatic heterocycles. The quantitative estimate of drug-likeness (QED) is 0.00822. The first-order valence-electron chi connectivity index (χ1n) is 51.2. The molecule has 3 aliphatic carbocycles. The summed E-state index contributed by atoms with van der Waals surface area (Å²) in [4.78, 5) is 115. The molecular formula is C106H161BrCl3N17O17Sn3. The molecule has 7 aliphatic rings. The Morgan fingerprint density at radius 2 is 0.803 bits per heavy atom. The minimum absolute atomic E-state index is 0.0264. The van der Waals surface area contributed by atoms with Gasteiger partial charge in [0.2, 0.25) is 23.0 Å². The number of aromatic amines is 1. The molecule has 3 amide bonds. The first-order chi connectivity index (χ1) is 70.1. The first-order valence-corrected chi connectivity index (χ1v) is 73.7. The predicted molar refractivity (Wildman–Crippen MR) is 591 cm³/mol. The Morgan fingerprint density at radius 3 is 1.14 bits per heavy atom. The van der Waals surface area contributed by atoms with E-state index in [0.717, 1.165) is 208 Å². The molecule has 4 radical (unpaired) electrons. The Hall–Kier alpha value is -6.81.